The van der Waals surface area contributed by atoms with E-state index in [1.165, 1.54) is 0 Å². The minimum atomic E-state index is -0.0630. The number of carbonyl (C=O) groups excluding carboxylic acids is 1. The van der Waals surface area contributed by atoms with Crippen molar-refractivity contribution in [2.75, 3.05) is 0 Å². The number of aromatic nitrogens is 1. The average molecular weight is 256 g/mol. The number of carbonyl (C=O) groups is 1. The smallest absolute Gasteiger partial charge is 0.293 e. The molecule has 4 nitrogen and oxygen atoms in total. The van der Waals surface area contributed by atoms with Gasteiger partial charge in [-0.1, -0.05) is 35.5 Å². The highest BCUT2D eigenvalue weighted by Gasteiger charge is 2.34. The number of benzene rings is 1. The highest BCUT2D eigenvalue weighted by Crippen LogP contribution is 2.29. The third-order valence-corrected chi connectivity index (χ3v) is 3.28. The molecule has 1 heterocycles. The highest BCUT2D eigenvalue weighted by molar-refractivity contribution is 5.91. The summed E-state index contributed by atoms with van der Waals surface area (Å²) in [5.41, 5.74) is 1.87. The van der Waals surface area contributed by atoms with E-state index < -0.39 is 0 Å². The minimum absolute atomic E-state index is 0.0630. The number of amides is 1. The van der Waals surface area contributed by atoms with Crippen LogP contribution in [0, 0.1) is 6.92 Å². The second-order valence-corrected chi connectivity index (χ2v) is 4.98. The molecule has 1 aromatic carbocycles. The highest BCUT2D eigenvalue weighted by atomic mass is 16.5. The van der Waals surface area contributed by atoms with Gasteiger partial charge in [-0.05, 0) is 25.3 Å². The fourth-order valence-corrected chi connectivity index (χ4v) is 2.14. The third-order valence-electron chi connectivity index (χ3n) is 3.28. The molecule has 1 aliphatic rings. The summed E-state index contributed by atoms with van der Waals surface area (Å²) in [5, 5.41) is 3.78. The average Bonchev–Trinajstić information content (AvgIpc) is 3.18. The van der Waals surface area contributed by atoms with Crippen LogP contribution in [0.2, 0.25) is 0 Å². The fourth-order valence-electron chi connectivity index (χ4n) is 2.14. The van der Waals surface area contributed by atoms with Crippen LogP contribution in [0.5, 0.6) is 0 Å². The Hall–Kier alpha value is -2.10. The van der Waals surface area contributed by atoms with Crippen molar-refractivity contribution in [3.05, 3.63) is 53.4 Å². The zero-order valence-electron chi connectivity index (χ0n) is 10.9. The normalized spacial score (nSPS) is 14.4. The minimum Gasteiger partial charge on any atom is -0.351 e. The molecule has 1 saturated carbocycles. The Morgan fingerprint density at radius 1 is 1.37 bits per heavy atom. The van der Waals surface area contributed by atoms with Crippen molar-refractivity contribution in [1.29, 1.82) is 0 Å². The Morgan fingerprint density at radius 3 is 2.68 bits per heavy atom. The van der Waals surface area contributed by atoms with Crippen LogP contribution in [0.1, 0.15) is 34.7 Å². The summed E-state index contributed by atoms with van der Waals surface area (Å²) in [6.45, 7) is 2.45. The van der Waals surface area contributed by atoms with Gasteiger partial charge < -0.3 is 9.42 Å². The van der Waals surface area contributed by atoms with E-state index in [4.69, 9.17) is 4.52 Å². The molecule has 0 bridgehead atoms. The summed E-state index contributed by atoms with van der Waals surface area (Å²) in [5.74, 6) is 0.271. The summed E-state index contributed by atoms with van der Waals surface area (Å²) in [6, 6.07) is 12.1. The van der Waals surface area contributed by atoms with Crippen LogP contribution in [-0.2, 0) is 6.54 Å². The summed E-state index contributed by atoms with van der Waals surface area (Å²) >= 11 is 0. The van der Waals surface area contributed by atoms with Crippen LogP contribution in [0.3, 0.4) is 0 Å². The van der Waals surface area contributed by atoms with Crippen molar-refractivity contribution >= 4 is 5.91 Å². The van der Waals surface area contributed by atoms with Crippen LogP contribution in [0.4, 0.5) is 0 Å². The van der Waals surface area contributed by atoms with Crippen LogP contribution < -0.4 is 0 Å². The van der Waals surface area contributed by atoms with Crippen molar-refractivity contribution in [2.24, 2.45) is 0 Å². The first-order chi connectivity index (χ1) is 9.24. The number of nitrogens with zero attached hydrogens (tertiary/aromatic N) is 2. The Bertz CT molecular complexity index is 573. The SMILES string of the molecule is Cc1cc(C(=O)N(Cc2ccccc2)C2CC2)on1. The van der Waals surface area contributed by atoms with Gasteiger partial charge in [0.05, 0.1) is 5.69 Å². The van der Waals surface area contributed by atoms with Gasteiger partial charge in [-0.25, -0.2) is 0 Å². The quantitative estimate of drug-likeness (QED) is 0.845. The molecule has 0 radical (unpaired) electrons. The molecule has 2 aromatic rings. The van der Waals surface area contributed by atoms with Crippen LogP contribution in [0.25, 0.3) is 0 Å². The topological polar surface area (TPSA) is 46.3 Å². The maximum Gasteiger partial charge on any atom is 0.293 e. The monoisotopic (exact) mass is 256 g/mol. The lowest BCUT2D eigenvalue weighted by atomic mass is 10.2. The molecule has 0 unspecified atom stereocenters. The van der Waals surface area contributed by atoms with Gasteiger partial charge in [-0.2, -0.15) is 0 Å². The summed E-state index contributed by atoms with van der Waals surface area (Å²) in [6.07, 6.45) is 2.15. The lowest BCUT2D eigenvalue weighted by molar-refractivity contribution is 0.0687. The molecule has 3 rings (SSSR count). The first kappa shape index (κ1) is 12.0. The van der Waals surface area contributed by atoms with E-state index in [1.54, 1.807) is 6.07 Å². The Kier molecular flexibility index (Phi) is 3.07. The van der Waals surface area contributed by atoms with E-state index in [1.807, 2.05) is 42.2 Å². The zero-order chi connectivity index (χ0) is 13.2. The van der Waals surface area contributed by atoms with Gasteiger partial charge in [-0.3, -0.25) is 4.79 Å². The molecule has 0 saturated heterocycles. The lowest BCUT2D eigenvalue weighted by Gasteiger charge is -2.21. The second kappa shape index (κ2) is 4.88. The van der Waals surface area contributed by atoms with Gasteiger partial charge in [-0.15, -0.1) is 0 Å². The van der Waals surface area contributed by atoms with Gasteiger partial charge in [0.25, 0.3) is 5.91 Å². The molecular formula is C15H16N2O2. The van der Waals surface area contributed by atoms with Crippen LogP contribution >= 0.6 is 0 Å². The molecule has 98 valence electrons. The molecule has 0 N–H and O–H groups in total. The number of hydrogen-bond donors (Lipinski definition) is 0. The van der Waals surface area contributed by atoms with Crippen molar-refractivity contribution in [3.8, 4) is 0 Å². The van der Waals surface area contributed by atoms with Crippen molar-refractivity contribution < 1.29 is 9.32 Å². The molecule has 1 amide bonds. The maximum atomic E-state index is 12.4. The van der Waals surface area contributed by atoms with Gasteiger partial charge >= 0.3 is 0 Å². The summed E-state index contributed by atoms with van der Waals surface area (Å²) < 4.78 is 5.08. The number of aryl methyl sites for hydroxylation is 1. The van der Waals surface area contributed by atoms with E-state index in [0.29, 0.717) is 18.3 Å². The third kappa shape index (κ3) is 2.67. The van der Waals surface area contributed by atoms with Gasteiger partial charge in [0.1, 0.15) is 0 Å². The molecule has 0 atom stereocenters. The molecule has 1 fully saturated rings. The van der Waals surface area contributed by atoms with Gasteiger partial charge in [0.15, 0.2) is 0 Å². The summed E-state index contributed by atoms with van der Waals surface area (Å²) in [4.78, 5) is 14.3. The second-order valence-electron chi connectivity index (χ2n) is 4.98. The van der Waals surface area contributed by atoms with E-state index in [2.05, 4.69) is 5.16 Å². The Labute approximate surface area is 112 Å². The lowest BCUT2D eigenvalue weighted by Crippen LogP contribution is -2.32. The van der Waals surface area contributed by atoms with E-state index in [0.717, 1.165) is 24.1 Å². The first-order valence-electron chi connectivity index (χ1n) is 6.52. The van der Waals surface area contributed by atoms with E-state index in [-0.39, 0.29) is 5.91 Å². The molecule has 1 aromatic heterocycles. The number of hydrogen-bond acceptors (Lipinski definition) is 3. The molecule has 0 aliphatic heterocycles. The van der Waals surface area contributed by atoms with Crippen LogP contribution in [-0.4, -0.2) is 22.0 Å². The largest absolute Gasteiger partial charge is 0.351 e. The van der Waals surface area contributed by atoms with Gasteiger partial charge in [0, 0.05) is 18.7 Å². The molecule has 4 heteroatoms. The predicted molar refractivity (Wildman–Crippen MR) is 70.6 cm³/mol. The number of rotatable bonds is 4. The van der Waals surface area contributed by atoms with E-state index in [9.17, 15) is 4.79 Å². The zero-order valence-corrected chi connectivity index (χ0v) is 10.9. The fraction of sp³-hybridized carbons (Fsp3) is 0.333. The summed E-state index contributed by atoms with van der Waals surface area (Å²) in [7, 11) is 0. The Balaban J connectivity index is 1.79. The predicted octanol–water partition coefficient (Wildman–Crippen LogP) is 2.79. The molecule has 0 spiro atoms. The first-order valence-corrected chi connectivity index (χ1v) is 6.52. The van der Waals surface area contributed by atoms with Crippen molar-refractivity contribution in [1.82, 2.24) is 10.1 Å². The molecular weight excluding hydrogens is 240 g/mol. The van der Waals surface area contributed by atoms with Gasteiger partial charge in [0.2, 0.25) is 5.76 Å². The van der Waals surface area contributed by atoms with Crippen molar-refractivity contribution in [2.45, 2.75) is 32.4 Å². The van der Waals surface area contributed by atoms with Crippen molar-refractivity contribution in [3.63, 3.8) is 0 Å². The molecule has 19 heavy (non-hydrogen) atoms. The maximum absolute atomic E-state index is 12.4. The molecule has 1 aliphatic carbocycles. The van der Waals surface area contributed by atoms with E-state index >= 15 is 0 Å². The Morgan fingerprint density at radius 2 is 2.11 bits per heavy atom. The standard InChI is InChI=1S/C15H16N2O2/c1-11-9-14(19-16-11)15(18)17(13-7-8-13)10-12-5-3-2-4-6-12/h2-6,9,13H,7-8,10H2,1H3. The van der Waals surface area contributed by atoms with Crippen LogP contribution in [0.15, 0.2) is 40.9 Å².